The van der Waals surface area contributed by atoms with Crippen LogP contribution in [0.3, 0.4) is 0 Å². The molecule has 1 N–H and O–H groups in total. The molecule has 0 aliphatic carbocycles. The second-order valence-corrected chi connectivity index (χ2v) is 6.63. The Bertz CT molecular complexity index is 837. The first kappa shape index (κ1) is 20.1. The van der Waals surface area contributed by atoms with Gasteiger partial charge in [0.2, 0.25) is 0 Å². The minimum Gasteiger partial charge on any atom is -0.491 e. The van der Waals surface area contributed by atoms with Crippen molar-refractivity contribution in [3.8, 4) is 5.75 Å². The zero-order valence-electron chi connectivity index (χ0n) is 15.0. The highest BCUT2D eigenvalue weighted by molar-refractivity contribution is 6.31. The molecule has 2 aromatic carbocycles. The Labute approximate surface area is 166 Å². The van der Waals surface area contributed by atoms with Crippen LogP contribution in [0, 0.1) is 5.82 Å². The van der Waals surface area contributed by atoms with E-state index >= 15 is 0 Å². The zero-order valence-corrected chi connectivity index (χ0v) is 15.7. The largest absolute Gasteiger partial charge is 0.491 e. The van der Waals surface area contributed by atoms with Crippen LogP contribution in [0.1, 0.15) is 23.2 Å². The maximum Gasteiger partial charge on any atom is 0.338 e. The molecule has 148 valence electrons. The molecule has 0 saturated carbocycles. The number of amides is 1. The molecular weight excluding hydrogens is 389 g/mol. The number of benzene rings is 2. The van der Waals surface area contributed by atoms with Crippen LogP contribution in [-0.4, -0.2) is 37.8 Å². The number of hydrogen-bond donors (Lipinski definition) is 1. The van der Waals surface area contributed by atoms with Crippen molar-refractivity contribution in [2.45, 2.75) is 18.9 Å². The molecule has 1 amide bonds. The lowest BCUT2D eigenvalue weighted by Gasteiger charge is -2.11. The fourth-order valence-corrected chi connectivity index (χ4v) is 2.82. The standard InChI is InChI=1S/C20H19ClFNO5/c21-17-10-14(5-8-18(17)22)23-19(24)12-28-20(25)13-3-6-15(7-4-13)27-11-16-2-1-9-26-16/h3-8,10,16H,1-2,9,11-12H2,(H,23,24)/t16-/m0/s1. The Hall–Kier alpha value is -2.64. The Morgan fingerprint density at radius 2 is 2.00 bits per heavy atom. The number of hydrogen-bond acceptors (Lipinski definition) is 5. The van der Waals surface area contributed by atoms with Crippen LogP contribution in [0.4, 0.5) is 10.1 Å². The predicted octanol–water partition coefficient (Wildman–Crippen LogP) is 3.83. The van der Waals surface area contributed by atoms with E-state index in [4.69, 9.17) is 25.8 Å². The van der Waals surface area contributed by atoms with Gasteiger partial charge < -0.3 is 19.5 Å². The highest BCUT2D eigenvalue weighted by Crippen LogP contribution is 2.19. The molecule has 1 saturated heterocycles. The summed E-state index contributed by atoms with van der Waals surface area (Å²) in [4.78, 5) is 23.9. The Morgan fingerprint density at radius 3 is 2.68 bits per heavy atom. The van der Waals surface area contributed by atoms with Gasteiger partial charge in [-0.25, -0.2) is 9.18 Å². The first-order valence-electron chi connectivity index (χ1n) is 8.78. The third-order valence-electron chi connectivity index (χ3n) is 4.09. The van der Waals surface area contributed by atoms with E-state index in [9.17, 15) is 14.0 Å². The van der Waals surface area contributed by atoms with E-state index in [1.54, 1.807) is 24.3 Å². The molecule has 1 heterocycles. The minimum atomic E-state index is -0.641. The van der Waals surface area contributed by atoms with Gasteiger partial charge in [-0.2, -0.15) is 0 Å². The van der Waals surface area contributed by atoms with Crippen LogP contribution in [0.25, 0.3) is 0 Å². The van der Waals surface area contributed by atoms with Gasteiger partial charge in [-0.05, 0) is 55.3 Å². The summed E-state index contributed by atoms with van der Waals surface area (Å²) < 4.78 is 29.2. The van der Waals surface area contributed by atoms with Gasteiger partial charge in [-0.1, -0.05) is 11.6 Å². The van der Waals surface area contributed by atoms with Crippen LogP contribution in [-0.2, 0) is 14.3 Å². The average Bonchev–Trinajstić information content (AvgIpc) is 3.21. The second kappa shape index (κ2) is 9.52. The maximum absolute atomic E-state index is 13.1. The molecule has 1 atom stereocenters. The monoisotopic (exact) mass is 407 g/mol. The Morgan fingerprint density at radius 1 is 1.21 bits per heavy atom. The fourth-order valence-electron chi connectivity index (χ4n) is 2.64. The molecule has 0 radical (unpaired) electrons. The third kappa shape index (κ3) is 5.68. The third-order valence-corrected chi connectivity index (χ3v) is 4.38. The first-order chi connectivity index (χ1) is 13.5. The van der Waals surface area contributed by atoms with Crippen LogP contribution in [0.2, 0.25) is 5.02 Å². The fraction of sp³-hybridized carbons (Fsp3) is 0.300. The number of esters is 1. The lowest BCUT2D eigenvalue weighted by molar-refractivity contribution is -0.119. The number of nitrogens with one attached hydrogen (secondary N) is 1. The van der Waals surface area contributed by atoms with Gasteiger partial charge in [0.1, 0.15) is 18.2 Å². The van der Waals surface area contributed by atoms with Gasteiger partial charge in [0, 0.05) is 12.3 Å². The van der Waals surface area contributed by atoms with Crippen molar-refractivity contribution in [2.75, 3.05) is 25.1 Å². The molecule has 2 aromatic rings. The van der Waals surface area contributed by atoms with Gasteiger partial charge in [0.15, 0.2) is 6.61 Å². The van der Waals surface area contributed by atoms with Crippen molar-refractivity contribution in [3.63, 3.8) is 0 Å². The summed E-state index contributed by atoms with van der Waals surface area (Å²) in [6.45, 7) is 0.753. The van der Waals surface area contributed by atoms with Crippen molar-refractivity contribution in [1.82, 2.24) is 0 Å². The molecule has 1 fully saturated rings. The number of rotatable bonds is 7. The van der Waals surface area contributed by atoms with Crippen molar-refractivity contribution in [1.29, 1.82) is 0 Å². The summed E-state index contributed by atoms with van der Waals surface area (Å²) >= 11 is 5.65. The topological polar surface area (TPSA) is 73.9 Å². The molecule has 6 nitrogen and oxygen atoms in total. The zero-order chi connectivity index (χ0) is 19.9. The number of carbonyl (C=O) groups excluding carboxylic acids is 2. The molecule has 28 heavy (non-hydrogen) atoms. The van der Waals surface area contributed by atoms with E-state index in [-0.39, 0.29) is 11.1 Å². The van der Waals surface area contributed by atoms with E-state index < -0.39 is 24.3 Å². The van der Waals surface area contributed by atoms with Gasteiger partial charge in [0.05, 0.1) is 16.7 Å². The molecule has 1 aliphatic rings. The highest BCUT2D eigenvalue weighted by Gasteiger charge is 2.16. The molecular formula is C20H19ClFNO5. The van der Waals surface area contributed by atoms with Gasteiger partial charge in [-0.3, -0.25) is 4.79 Å². The van der Waals surface area contributed by atoms with E-state index in [1.165, 1.54) is 12.1 Å². The summed E-state index contributed by atoms with van der Waals surface area (Å²) in [5.41, 5.74) is 0.599. The summed E-state index contributed by atoms with van der Waals surface area (Å²) in [7, 11) is 0. The molecule has 1 aliphatic heterocycles. The number of anilines is 1. The lowest BCUT2D eigenvalue weighted by atomic mass is 10.2. The summed E-state index contributed by atoms with van der Waals surface area (Å²) in [5.74, 6) is -1.17. The van der Waals surface area contributed by atoms with Crippen LogP contribution in [0.5, 0.6) is 5.75 Å². The summed E-state index contributed by atoms with van der Waals surface area (Å²) in [6, 6.07) is 10.2. The first-order valence-corrected chi connectivity index (χ1v) is 9.15. The van der Waals surface area contributed by atoms with E-state index in [0.29, 0.717) is 23.6 Å². The number of carbonyl (C=O) groups is 2. The van der Waals surface area contributed by atoms with Crippen molar-refractivity contribution in [3.05, 3.63) is 58.9 Å². The molecule has 0 bridgehead atoms. The van der Waals surface area contributed by atoms with Crippen molar-refractivity contribution < 1.29 is 28.2 Å². The van der Waals surface area contributed by atoms with Gasteiger partial charge in [0.25, 0.3) is 5.91 Å². The SMILES string of the molecule is O=C(COC(=O)c1ccc(OC[C@@H]2CCCO2)cc1)Nc1ccc(F)c(Cl)c1. The highest BCUT2D eigenvalue weighted by atomic mass is 35.5. The molecule has 8 heteroatoms. The van der Waals surface area contributed by atoms with Gasteiger partial charge in [-0.15, -0.1) is 0 Å². The molecule has 0 spiro atoms. The normalized spacial score (nSPS) is 15.9. The minimum absolute atomic E-state index is 0.110. The smallest absolute Gasteiger partial charge is 0.338 e. The van der Waals surface area contributed by atoms with Crippen LogP contribution < -0.4 is 10.1 Å². The quantitative estimate of drug-likeness (QED) is 0.706. The summed E-state index contributed by atoms with van der Waals surface area (Å²) in [6.07, 6.45) is 2.14. The number of halogens is 2. The Kier molecular flexibility index (Phi) is 6.84. The van der Waals surface area contributed by atoms with E-state index in [0.717, 1.165) is 25.5 Å². The van der Waals surface area contributed by atoms with Crippen LogP contribution >= 0.6 is 11.6 Å². The van der Waals surface area contributed by atoms with E-state index in [2.05, 4.69) is 5.32 Å². The Balaban J connectivity index is 1.44. The molecule has 0 unspecified atom stereocenters. The second-order valence-electron chi connectivity index (χ2n) is 6.22. The number of ether oxygens (including phenoxy) is 3. The molecule has 0 aromatic heterocycles. The predicted molar refractivity (Wildman–Crippen MR) is 101 cm³/mol. The van der Waals surface area contributed by atoms with Crippen LogP contribution in [0.15, 0.2) is 42.5 Å². The van der Waals surface area contributed by atoms with Crippen molar-refractivity contribution in [2.24, 2.45) is 0 Å². The van der Waals surface area contributed by atoms with Gasteiger partial charge >= 0.3 is 5.97 Å². The average molecular weight is 408 g/mol. The molecule has 3 rings (SSSR count). The lowest BCUT2D eigenvalue weighted by Crippen LogP contribution is -2.21. The van der Waals surface area contributed by atoms with Crippen molar-refractivity contribution >= 4 is 29.2 Å². The maximum atomic E-state index is 13.1. The summed E-state index contributed by atoms with van der Waals surface area (Å²) in [5, 5.41) is 2.36. The van der Waals surface area contributed by atoms with E-state index in [1.807, 2.05) is 0 Å².